The number of carbonyl (C=O) groups is 1. The normalized spacial score (nSPS) is 23.6. The minimum atomic E-state index is -3.23. The number of hydrogen-bond acceptors (Lipinski definition) is 3. The van der Waals surface area contributed by atoms with Gasteiger partial charge in [0.2, 0.25) is 0 Å². The molecule has 0 aromatic carbocycles. The Kier molecular flexibility index (Phi) is 7.71. The number of thiophene rings is 1. The van der Waals surface area contributed by atoms with Crippen LogP contribution in [0.4, 0.5) is 0 Å². The van der Waals surface area contributed by atoms with Crippen LogP contribution >= 0.6 is 22.9 Å². The first kappa shape index (κ1) is 21.5. The number of rotatable bonds is 5. The third-order valence-corrected chi connectivity index (χ3v) is 26.4. The van der Waals surface area contributed by atoms with Crippen LogP contribution in [0.25, 0.3) is 0 Å². The molecule has 3 fully saturated rings. The van der Waals surface area contributed by atoms with E-state index in [0.717, 1.165) is 16.7 Å². The van der Waals surface area contributed by atoms with Crippen LogP contribution in [-0.2, 0) is 3.07 Å². The van der Waals surface area contributed by atoms with Crippen molar-refractivity contribution in [3.63, 3.8) is 0 Å². The molecule has 2 nitrogen and oxygen atoms in total. The SMILES string of the molecule is O=C([O][Sn]([CH]1CCCCC1)([CH]1CCCCC1)[CH]1CCCCC1)c1ccc(Cl)s1. The molecule has 0 atom stereocenters. The fourth-order valence-corrected chi connectivity index (χ4v) is 27.3. The summed E-state index contributed by atoms with van der Waals surface area (Å²) in [6.45, 7) is 0. The van der Waals surface area contributed by atoms with Gasteiger partial charge in [-0.15, -0.1) is 0 Å². The zero-order valence-electron chi connectivity index (χ0n) is 17.1. The van der Waals surface area contributed by atoms with E-state index >= 15 is 0 Å². The van der Waals surface area contributed by atoms with Gasteiger partial charge in [-0.1, -0.05) is 0 Å². The van der Waals surface area contributed by atoms with Crippen molar-refractivity contribution in [3.8, 4) is 0 Å². The van der Waals surface area contributed by atoms with Crippen molar-refractivity contribution >= 4 is 47.7 Å². The monoisotopic (exact) mass is 530 g/mol. The molecule has 28 heavy (non-hydrogen) atoms. The van der Waals surface area contributed by atoms with E-state index in [-0.39, 0.29) is 5.97 Å². The summed E-state index contributed by atoms with van der Waals surface area (Å²) in [7, 11) is 0. The molecule has 0 unspecified atom stereocenters. The van der Waals surface area contributed by atoms with Crippen LogP contribution in [0.1, 0.15) is 106 Å². The molecule has 1 heterocycles. The molecule has 1 aromatic heterocycles. The molecular weight excluding hydrogens is 494 g/mol. The van der Waals surface area contributed by atoms with Crippen molar-refractivity contribution in [2.24, 2.45) is 0 Å². The number of carbonyl (C=O) groups excluding carboxylic acids is 1. The van der Waals surface area contributed by atoms with Gasteiger partial charge in [0.1, 0.15) is 0 Å². The van der Waals surface area contributed by atoms with E-state index in [4.69, 9.17) is 14.7 Å². The van der Waals surface area contributed by atoms with Gasteiger partial charge in [0.15, 0.2) is 0 Å². The summed E-state index contributed by atoms with van der Waals surface area (Å²) < 4.78 is 9.95. The zero-order chi connectivity index (χ0) is 19.4. The molecule has 156 valence electrons. The molecule has 0 spiro atoms. The first-order chi connectivity index (χ1) is 13.7. The van der Waals surface area contributed by atoms with Crippen LogP contribution in [0.2, 0.25) is 16.1 Å². The van der Waals surface area contributed by atoms with Gasteiger partial charge >= 0.3 is 185 Å². The average Bonchev–Trinajstić information content (AvgIpc) is 3.20. The van der Waals surface area contributed by atoms with Crippen LogP contribution in [0, 0.1) is 0 Å². The Balaban J connectivity index is 1.70. The van der Waals surface area contributed by atoms with Gasteiger partial charge in [0.05, 0.1) is 0 Å². The van der Waals surface area contributed by atoms with Crippen LogP contribution in [0.5, 0.6) is 0 Å². The minimum absolute atomic E-state index is 0.0191. The molecule has 0 aliphatic heterocycles. The fourth-order valence-electron chi connectivity index (χ4n) is 6.55. The van der Waals surface area contributed by atoms with Crippen LogP contribution in [-0.4, -0.2) is 24.8 Å². The number of halogens is 1. The Hall–Kier alpha value is 0.259. The van der Waals surface area contributed by atoms with Crippen molar-refractivity contribution < 1.29 is 7.87 Å². The Labute approximate surface area is 184 Å². The molecule has 3 aliphatic carbocycles. The maximum atomic E-state index is 13.4. The Morgan fingerprint density at radius 2 is 1.21 bits per heavy atom. The summed E-state index contributed by atoms with van der Waals surface area (Å²) in [5, 5.41) is 0. The van der Waals surface area contributed by atoms with Gasteiger partial charge < -0.3 is 0 Å². The second-order valence-corrected chi connectivity index (χ2v) is 23.5. The quantitative estimate of drug-likeness (QED) is 0.357. The first-order valence-electron chi connectivity index (χ1n) is 11.7. The predicted octanol–water partition coefficient (Wildman–Crippen LogP) is 8.51. The van der Waals surface area contributed by atoms with Crippen LogP contribution in [0.3, 0.4) is 0 Å². The zero-order valence-corrected chi connectivity index (χ0v) is 21.5. The van der Waals surface area contributed by atoms with Crippen molar-refractivity contribution in [1.82, 2.24) is 0 Å². The number of hydrogen-bond donors (Lipinski definition) is 0. The Bertz CT molecular complexity index is 597. The summed E-state index contributed by atoms with van der Waals surface area (Å²) in [4.78, 5) is 14.1. The van der Waals surface area contributed by atoms with Crippen molar-refractivity contribution in [1.29, 1.82) is 0 Å². The fraction of sp³-hybridized carbons (Fsp3) is 0.783. The molecule has 0 radical (unpaired) electrons. The van der Waals surface area contributed by atoms with Crippen LogP contribution in [0.15, 0.2) is 12.1 Å². The summed E-state index contributed by atoms with van der Waals surface area (Å²) in [6, 6.07) is 3.73. The standard InChI is InChI=1S/3C6H11.C5H3ClO2S.Sn/c3*1-2-4-6-5-3-1;6-4-2-1-3(9-4)5(7)8;/h3*1H,2-6H2;1-2H,(H,7,8);/q;;;;+1/p-1. The molecule has 0 N–H and O–H groups in total. The third kappa shape index (κ3) is 4.61. The molecule has 4 rings (SSSR count). The molecule has 0 amide bonds. The Morgan fingerprint density at radius 3 is 1.57 bits per heavy atom. The molecule has 3 saturated carbocycles. The molecule has 3 aliphatic rings. The van der Waals surface area contributed by atoms with E-state index in [9.17, 15) is 4.79 Å². The van der Waals surface area contributed by atoms with E-state index in [2.05, 4.69) is 0 Å². The van der Waals surface area contributed by atoms with E-state index < -0.39 is 18.8 Å². The van der Waals surface area contributed by atoms with Gasteiger partial charge in [0, 0.05) is 0 Å². The van der Waals surface area contributed by atoms with Gasteiger partial charge in [-0.3, -0.25) is 0 Å². The molecule has 0 saturated heterocycles. The molecular formula is C23H35ClO2SSn. The Morgan fingerprint density at radius 1 is 0.786 bits per heavy atom. The molecule has 1 aromatic rings. The van der Waals surface area contributed by atoms with E-state index in [1.54, 1.807) is 0 Å². The summed E-state index contributed by atoms with van der Waals surface area (Å²) >= 11 is 4.32. The van der Waals surface area contributed by atoms with Gasteiger partial charge in [-0.05, 0) is 0 Å². The van der Waals surface area contributed by atoms with Gasteiger partial charge in [-0.25, -0.2) is 0 Å². The third-order valence-electron chi connectivity index (χ3n) is 7.77. The van der Waals surface area contributed by atoms with Crippen molar-refractivity contribution in [2.45, 2.75) is 108 Å². The van der Waals surface area contributed by atoms with E-state index in [1.807, 2.05) is 12.1 Å². The summed E-state index contributed by atoms with van der Waals surface area (Å²) in [6.07, 6.45) is 20.3. The average molecular weight is 530 g/mol. The van der Waals surface area contributed by atoms with Gasteiger partial charge in [0.25, 0.3) is 0 Å². The van der Waals surface area contributed by atoms with E-state index in [0.29, 0.717) is 4.34 Å². The summed E-state index contributed by atoms with van der Waals surface area (Å²) in [5.74, 6) is -0.0191. The van der Waals surface area contributed by atoms with Crippen molar-refractivity contribution in [3.05, 3.63) is 21.3 Å². The maximum absolute atomic E-state index is 13.4. The topological polar surface area (TPSA) is 26.3 Å². The first-order valence-corrected chi connectivity index (χ1v) is 19.0. The van der Waals surface area contributed by atoms with Crippen molar-refractivity contribution in [2.75, 3.05) is 0 Å². The second-order valence-electron chi connectivity index (χ2n) is 9.35. The predicted molar refractivity (Wildman–Crippen MR) is 121 cm³/mol. The summed E-state index contributed by atoms with van der Waals surface area (Å²) in [5.41, 5.74) is 0. The molecule has 5 heteroatoms. The molecule has 0 bridgehead atoms. The van der Waals surface area contributed by atoms with Crippen LogP contribution < -0.4 is 0 Å². The second kappa shape index (κ2) is 10.0. The van der Waals surface area contributed by atoms with Gasteiger partial charge in [-0.2, -0.15) is 0 Å². The van der Waals surface area contributed by atoms with E-state index in [1.165, 1.54) is 108 Å².